The van der Waals surface area contributed by atoms with E-state index in [0.29, 0.717) is 18.1 Å². The van der Waals surface area contributed by atoms with E-state index in [1.54, 1.807) is 18.3 Å². The molecule has 0 bridgehead atoms. The summed E-state index contributed by atoms with van der Waals surface area (Å²) in [6.45, 7) is 0.219. The topological polar surface area (TPSA) is 68.3 Å². The van der Waals surface area contributed by atoms with E-state index < -0.39 is 10.0 Å². The Balaban J connectivity index is 1.56. The third-order valence-electron chi connectivity index (χ3n) is 3.76. The summed E-state index contributed by atoms with van der Waals surface area (Å²) in [7, 11) is -3.35. The van der Waals surface area contributed by atoms with E-state index in [9.17, 15) is 8.42 Å². The first-order valence-electron chi connectivity index (χ1n) is 8.30. The highest BCUT2D eigenvalue weighted by Crippen LogP contribution is 2.20. The third kappa shape index (κ3) is 5.68. The first-order chi connectivity index (χ1) is 12.6. The number of rotatable bonds is 8. The number of aromatic nitrogens is 1. The minimum Gasteiger partial charge on any atom is -0.439 e. The van der Waals surface area contributed by atoms with Crippen molar-refractivity contribution in [3.05, 3.63) is 90.1 Å². The Hall–Kier alpha value is -2.70. The number of nitrogens with one attached hydrogen (secondary N) is 1. The van der Waals surface area contributed by atoms with Crippen molar-refractivity contribution in [1.29, 1.82) is 0 Å². The van der Waals surface area contributed by atoms with Gasteiger partial charge in [0.05, 0.1) is 5.75 Å². The first-order valence-corrected chi connectivity index (χ1v) is 9.95. The first kappa shape index (κ1) is 18.1. The fourth-order valence-electron chi connectivity index (χ4n) is 2.41. The second-order valence-electron chi connectivity index (χ2n) is 5.79. The SMILES string of the molecule is O=S(=O)(CCc1ccccc1)NCc1cccc(Oc2ccccn2)c1. The third-order valence-corrected chi connectivity index (χ3v) is 5.08. The van der Waals surface area contributed by atoms with E-state index in [2.05, 4.69) is 9.71 Å². The van der Waals surface area contributed by atoms with Crippen LogP contribution in [-0.2, 0) is 23.0 Å². The van der Waals surface area contributed by atoms with Crippen LogP contribution in [0.3, 0.4) is 0 Å². The highest BCUT2D eigenvalue weighted by Gasteiger charge is 2.10. The van der Waals surface area contributed by atoms with Gasteiger partial charge in [-0.2, -0.15) is 0 Å². The van der Waals surface area contributed by atoms with Crippen LogP contribution < -0.4 is 9.46 Å². The number of ether oxygens (including phenoxy) is 1. The molecule has 3 aromatic rings. The number of sulfonamides is 1. The minimum absolute atomic E-state index is 0.0567. The van der Waals surface area contributed by atoms with Crippen LogP contribution in [0.1, 0.15) is 11.1 Å². The van der Waals surface area contributed by atoms with Crippen LogP contribution in [0.15, 0.2) is 79.0 Å². The Morgan fingerprint density at radius 1 is 0.885 bits per heavy atom. The average Bonchev–Trinajstić information content (AvgIpc) is 2.67. The molecule has 26 heavy (non-hydrogen) atoms. The van der Waals surface area contributed by atoms with Gasteiger partial charge in [-0.05, 0) is 35.7 Å². The van der Waals surface area contributed by atoms with E-state index >= 15 is 0 Å². The van der Waals surface area contributed by atoms with Crippen LogP contribution in [0.5, 0.6) is 11.6 Å². The molecule has 0 unspecified atom stereocenters. The molecular formula is C20H20N2O3S. The Bertz CT molecular complexity index is 930. The van der Waals surface area contributed by atoms with Crippen LogP contribution in [0.2, 0.25) is 0 Å². The Morgan fingerprint density at radius 3 is 2.42 bits per heavy atom. The van der Waals surface area contributed by atoms with Gasteiger partial charge in [-0.25, -0.2) is 18.1 Å². The van der Waals surface area contributed by atoms with Crippen molar-refractivity contribution in [3.8, 4) is 11.6 Å². The van der Waals surface area contributed by atoms with E-state index in [1.807, 2.05) is 60.7 Å². The number of nitrogens with zero attached hydrogens (tertiary/aromatic N) is 1. The fourth-order valence-corrected chi connectivity index (χ4v) is 3.44. The normalized spacial score (nSPS) is 11.2. The predicted octanol–water partition coefficient (Wildman–Crippen LogP) is 3.54. The van der Waals surface area contributed by atoms with E-state index in [0.717, 1.165) is 11.1 Å². The summed E-state index contributed by atoms with van der Waals surface area (Å²) in [5.74, 6) is 1.17. The fraction of sp³-hybridized carbons (Fsp3) is 0.150. The van der Waals surface area contributed by atoms with Crippen molar-refractivity contribution in [2.45, 2.75) is 13.0 Å². The van der Waals surface area contributed by atoms with Crippen molar-refractivity contribution in [2.75, 3.05) is 5.75 Å². The van der Waals surface area contributed by atoms with Gasteiger partial charge in [0, 0.05) is 18.8 Å². The summed E-state index contributed by atoms with van der Waals surface area (Å²) < 4.78 is 32.7. The van der Waals surface area contributed by atoms with Gasteiger partial charge in [0.25, 0.3) is 0 Å². The zero-order valence-corrected chi connectivity index (χ0v) is 15.0. The van der Waals surface area contributed by atoms with Crippen LogP contribution >= 0.6 is 0 Å². The molecule has 5 nitrogen and oxygen atoms in total. The minimum atomic E-state index is -3.35. The lowest BCUT2D eigenvalue weighted by molar-refractivity contribution is 0.462. The molecule has 0 radical (unpaired) electrons. The lowest BCUT2D eigenvalue weighted by Gasteiger charge is -2.09. The number of pyridine rings is 1. The second-order valence-corrected chi connectivity index (χ2v) is 7.72. The van der Waals surface area contributed by atoms with Gasteiger partial charge in [-0.15, -0.1) is 0 Å². The molecule has 0 aliphatic rings. The molecule has 0 amide bonds. The maximum atomic E-state index is 12.2. The summed E-state index contributed by atoms with van der Waals surface area (Å²) >= 11 is 0. The quantitative estimate of drug-likeness (QED) is 0.660. The molecule has 0 aliphatic carbocycles. The van der Waals surface area contributed by atoms with E-state index in [-0.39, 0.29) is 12.3 Å². The molecule has 0 atom stereocenters. The molecule has 1 N–H and O–H groups in total. The molecule has 134 valence electrons. The Morgan fingerprint density at radius 2 is 1.65 bits per heavy atom. The summed E-state index contributed by atoms with van der Waals surface area (Å²) in [5, 5.41) is 0. The smallest absolute Gasteiger partial charge is 0.219 e. The van der Waals surface area contributed by atoms with Crippen LogP contribution in [0.25, 0.3) is 0 Å². The molecule has 1 heterocycles. The summed E-state index contributed by atoms with van der Waals surface area (Å²) in [6.07, 6.45) is 2.14. The number of aryl methyl sites for hydroxylation is 1. The maximum Gasteiger partial charge on any atom is 0.219 e. The highest BCUT2D eigenvalue weighted by atomic mass is 32.2. The average molecular weight is 368 g/mol. The molecule has 0 spiro atoms. The van der Waals surface area contributed by atoms with Gasteiger partial charge < -0.3 is 4.74 Å². The monoisotopic (exact) mass is 368 g/mol. The van der Waals surface area contributed by atoms with Gasteiger partial charge in [-0.1, -0.05) is 48.5 Å². The van der Waals surface area contributed by atoms with Gasteiger partial charge in [0.1, 0.15) is 5.75 Å². The van der Waals surface area contributed by atoms with Crippen molar-refractivity contribution >= 4 is 10.0 Å². The van der Waals surface area contributed by atoms with E-state index in [1.165, 1.54) is 0 Å². The lowest BCUT2D eigenvalue weighted by Crippen LogP contribution is -2.26. The van der Waals surface area contributed by atoms with Crippen molar-refractivity contribution in [3.63, 3.8) is 0 Å². The van der Waals surface area contributed by atoms with Crippen LogP contribution in [0, 0.1) is 0 Å². The van der Waals surface area contributed by atoms with Gasteiger partial charge >= 0.3 is 0 Å². The highest BCUT2D eigenvalue weighted by molar-refractivity contribution is 7.89. The summed E-state index contributed by atoms with van der Waals surface area (Å²) in [4.78, 5) is 4.11. The molecule has 0 saturated heterocycles. The summed E-state index contributed by atoms with van der Waals surface area (Å²) in [5.41, 5.74) is 1.82. The van der Waals surface area contributed by atoms with Gasteiger partial charge in [0.15, 0.2) is 0 Å². The van der Waals surface area contributed by atoms with Crippen LogP contribution in [0.4, 0.5) is 0 Å². The second kappa shape index (κ2) is 8.60. The standard InChI is InChI=1S/C20H20N2O3S/c23-26(24,14-12-17-7-2-1-3-8-17)22-16-18-9-6-10-19(15-18)25-20-11-4-5-13-21-20/h1-11,13,15,22H,12,14,16H2. The van der Waals surface area contributed by atoms with Crippen molar-refractivity contribution in [2.24, 2.45) is 0 Å². The maximum absolute atomic E-state index is 12.2. The van der Waals surface area contributed by atoms with Crippen LogP contribution in [-0.4, -0.2) is 19.2 Å². The molecule has 1 aromatic heterocycles. The number of benzene rings is 2. The molecule has 0 fully saturated rings. The Labute approximate surface area is 153 Å². The molecule has 3 rings (SSSR count). The molecule has 6 heteroatoms. The molecule has 0 saturated carbocycles. The lowest BCUT2D eigenvalue weighted by atomic mass is 10.2. The van der Waals surface area contributed by atoms with Gasteiger partial charge in [0.2, 0.25) is 15.9 Å². The molecule has 0 aliphatic heterocycles. The van der Waals surface area contributed by atoms with Gasteiger partial charge in [-0.3, -0.25) is 0 Å². The van der Waals surface area contributed by atoms with Crippen molar-refractivity contribution < 1.29 is 13.2 Å². The number of hydrogen-bond donors (Lipinski definition) is 1. The Kier molecular flexibility index (Phi) is 5.99. The summed E-state index contributed by atoms with van der Waals surface area (Å²) in [6, 6.07) is 22.3. The zero-order chi connectivity index (χ0) is 18.2. The number of hydrogen-bond acceptors (Lipinski definition) is 4. The molecule has 2 aromatic carbocycles. The molecular weight excluding hydrogens is 348 g/mol. The van der Waals surface area contributed by atoms with Crippen molar-refractivity contribution in [1.82, 2.24) is 9.71 Å². The zero-order valence-electron chi connectivity index (χ0n) is 14.2. The van der Waals surface area contributed by atoms with E-state index in [4.69, 9.17) is 4.74 Å². The largest absolute Gasteiger partial charge is 0.439 e. The predicted molar refractivity (Wildman–Crippen MR) is 102 cm³/mol.